The van der Waals surface area contributed by atoms with E-state index in [2.05, 4.69) is 31.4 Å². The largest absolute Gasteiger partial charge is 0.383 e. The van der Waals surface area contributed by atoms with Crippen LogP contribution in [-0.4, -0.2) is 45.7 Å². The predicted molar refractivity (Wildman–Crippen MR) is 71.8 cm³/mol. The molecule has 0 aromatic carbocycles. The van der Waals surface area contributed by atoms with Gasteiger partial charge in [0.15, 0.2) is 0 Å². The molecule has 19 heavy (non-hydrogen) atoms. The fourth-order valence-corrected chi connectivity index (χ4v) is 1.81. The van der Waals surface area contributed by atoms with Crippen LogP contribution in [0.2, 0.25) is 0 Å². The van der Waals surface area contributed by atoms with Gasteiger partial charge < -0.3 is 10.1 Å². The van der Waals surface area contributed by atoms with Gasteiger partial charge in [-0.2, -0.15) is 10.2 Å². The summed E-state index contributed by atoms with van der Waals surface area (Å²) in [6.45, 7) is 1.40. The van der Waals surface area contributed by atoms with Crippen LogP contribution in [0.15, 0.2) is 29.1 Å². The molecule has 0 radical (unpaired) electrons. The Morgan fingerprint density at radius 2 is 2.37 bits per heavy atom. The molecule has 0 aliphatic rings. The zero-order valence-electron chi connectivity index (χ0n) is 10.4. The first kappa shape index (κ1) is 13.8. The lowest BCUT2D eigenvalue weighted by molar-refractivity contribution is 0.0931. The highest BCUT2D eigenvalue weighted by atomic mass is 79.9. The van der Waals surface area contributed by atoms with Crippen LogP contribution in [0.3, 0.4) is 0 Å². The summed E-state index contributed by atoms with van der Waals surface area (Å²) in [6, 6.07) is 1.67. The molecule has 8 heteroatoms. The van der Waals surface area contributed by atoms with Gasteiger partial charge in [-0.05, 0) is 22.0 Å². The molecule has 2 aromatic rings. The van der Waals surface area contributed by atoms with Crippen molar-refractivity contribution >= 4 is 21.8 Å². The van der Waals surface area contributed by atoms with E-state index in [1.54, 1.807) is 34.9 Å². The van der Waals surface area contributed by atoms with Crippen LogP contribution in [0.25, 0.3) is 0 Å². The molecule has 1 N–H and O–H groups in total. The summed E-state index contributed by atoms with van der Waals surface area (Å²) in [5.41, 5.74) is 0.377. The number of aromatic nitrogens is 4. The van der Waals surface area contributed by atoms with Crippen molar-refractivity contribution in [2.75, 3.05) is 20.3 Å². The van der Waals surface area contributed by atoms with Gasteiger partial charge in [0, 0.05) is 26.0 Å². The van der Waals surface area contributed by atoms with E-state index in [0.29, 0.717) is 25.5 Å². The minimum Gasteiger partial charge on any atom is -0.383 e. The zero-order valence-corrected chi connectivity index (χ0v) is 12.0. The van der Waals surface area contributed by atoms with Crippen LogP contribution in [0.1, 0.15) is 10.5 Å². The van der Waals surface area contributed by atoms with Crippen molar-refractivity contribution in [1.29, 1.82) is 0 Å². The van der Waals surface area contributed by atoms with Crippen molar-refractivity contribution in [3.05, 3.63) is 34.8 Å². The summed E-state index contributed by atoms with van der Waals surface area (Å²) in [7, 11) is 1.59. The minimum absolute atomic E-state index is 0.211. The molecule has 0 bridgehead atoms. The second kappa shape index (κ2) is 6.48. The molecule has 7 nitrogen and oxygen atoms in total. The molecule has 0 saturated heterocycles. The van der Waals surface area contributed by atoms with Gasteiger partial charge in [-0.1, -0.05) is 0 Å². The van der Waals surface area contributed by atoms with Crippen molar-refractivity contribution in [2.24, 2.45) is 0 Å². The monoisotopic (exact) mass is 327 g/mol. The summed E-state index contributed by atoms with van der Waals surface area (Å²) >= 11 is 3.32. The molecule has 0 unspecified atom stereocenters. The number of methoxy groups -OCH3 is 1. The number of rotatable bonds is 6. The molecular weight excluding hydrogens is 314 g/mol. The molecule has 1 amide bonds. The van der Waals surface area contributed by atoms with Crippen molar-refractivity contribution in [3.8, 4) is 0 Å². The number of carbonyl (C=O) groups is 1. The Bertz CT molecular complexity index is 551. The average molecular weight is 328 g/mol. The second-order valence-electron chi connectivity index (χ2n) is 3.83. The van der Waals surface area contributed by atoms with Gasteiger partial charge in [-0.25, -0.2) is 4.68 Å². The molecule has 0 aliphatic carbocycles. The maximum Gasteiger partial charge on any atom is 0.271 e. The fourth-order valence-electron chi connectivity index (χ4n) is 1.48. The number of ether oxygens (including phenoxy) is 1. The third kappa shape index (κ3) is 3.90. The molecular formula is C11H14BrN5O2. The predicted octanol–water partition coefficient (Wildman–Crippen LogP) is 0.724. The van der Waals surface area contributed by atoms with Gasteiger partial charge >= 0.3 is 0 Å². The number of hydrogen-bond donors (Lipinski definition) is 1. The highest BCUT2D eigenvalue weighted by molar-refractivity contribution is 9.10. The van der Waals surface area contributed by atoms with E-state index in [-0.39, 0.29) is 5.91 Å². The molecule has 102 valence electrons. The van der Waals surface area contributed by atoms with Crippen LogP contribution >= 0.6 is 15.9 Å². The Morgan fingerprint density at radius 1 is 1.53 bits per heavy atom. The van der Waals surface area contributed by atoms with Gasteiger partial charge in [0.2, 0.25) is 0 Å². The summed E-state index contributed by atoms with van der Waals surface area (Å²) < 4.78 is 9.11. The highest BCUT2D eigenvalue weighted by Gasteiger charge is 2.08. The number of nitrogens with one attached hydrogen (secondary N) is 1. The number of halogens is 1. The lowest BCUT2D eigenvalue weighted by atomic mass is 10.4. The fraction of sp³-hybridized carbons (Fsp3) is 0.364. The van der Waals surface area contributed by atoms with Crippen LogP contribution in [0.5, 0.6) is 0 Å². The summed E-state index contributed by atoms with van der Waals surface area (Å²) in [5, 5.41) is 11.0. The highest BCUT2D eigenvalue weighted by Crippen LogP contribution is 2.06. The van der Waals surface area contributed by atoms with Crippen molar-refractivity contribution in [3.63, 3.8) is 0 Å². The SMILES string of the molecule is COCCNC(=O)c1ccn(Cn2cc(Br)cn2)n1. The minimum atomic E-state index is -0.211. The lowest BCUT2D eigenvalue weighted by Crippen LogP contribution is -2.27. The van der Waals surface area contributed by atoms with E-state index in [1.807, 2.05) is 6.20 Å². The van der Waals surface area contributed by atoms with Crippen LogP contribution in [0, 0.1) is 0 Å². The third-order valence-corrected chi connectivity index (χ3v) is 2.77. The zero-order chi connectivity index (χ0) is 13.7. The molecule has 2 rings (SSSR count). The van der Waals surface area contributed by atoms with Crippen LogP contribution < -0.4 is 5.32 Å². The Kier molecular flexibility index (Phi) is 4.69. The maximum atomic E-state index is 11.7. The van der Waals surface area contributed by atoms with E-state index in [4.69, 9.17) is 4.74 Å². The Labute approximate surface area is 118 Å². The first-order valence-electron chi connectivity index (χ1n) is 5.67. The summed E-state index contributed by atoms with van der Waals surface area (Å²) in [4.78, 5) is 11.7. The third-order valence-electron chi connectivity index (χ3n) is 2.36. The normalized spacial score (nSPS) is 10.6. The van der Waals surface area contributed by atoms with Crippen LogP contribution in [0.4, 0.5) is 0 Å². The topological polar surface area (TPSA) is 74.0 Å². The summed E-state index contributed by atoms with van der Waals surface area (Å²) in [6.07, 6.45) is 5.27. The molecule has 2 heterocycles. The molecule has 2 aromatic heterocycles. The second-order valence-corrected chi connectivity index (χ2v) is 4.74. The van der Waals surface area contributed by atoms with E-state index in [1.165, 1.54) is 0 Å². The molecule has 0 spiro atoms. The number of nitrogens with zero attached hydrogens (tertiary/aromatic N) is 4. The van der Waals surface area contributed by atoms with Gasteiger partial charge in [-0.3, -0.25) is 9.48 Å². The number of hydrogen-bond acceptors (Lipinski definition) is 4. The van der Waals surface area contributed by atoms with Crippen molar-refractivity contribution < 1.29 is 9.53 Å². The molecule has 0 aliphatic heterocycles. The molecule has 0 fully saturated rings. The molecule has 0 atom stereocenters. The van der Waals surface area contributed by atoms with Crippen LogP contribution in [-0.2, 0) is 11.4 Å². The van der Waals surface area contributed by atoms with Crippen molar-refractivity contribution in [1.82, 2.24) is 24.9 Å². The Hall–Kier alpha value is -1.67. The van der Waals surface area contributed by atoms with E-state index in [0.717, 1.165) is 4.47 Å². The molecule has 0 saturated carbocycles. The maximum absolute atomic E-state index is 11.7. The standard InChI is InChI=1S/C11H14BrN5O2/c1-19-5-3-13-11(18)10-2-4-16(15-10)8-17-7-9(12)6-14-17/h2,4,6-7H,3,5,8H2,1H3,(H,13,18). The summed E-state index contributed by atoms with van der Waals surface area (Å²) in [5.74, 6) is -0.211. The quantitative estimate of drug-likeness (QED) is 0.793. The van der Waals surface area contributed by atoms with Gasteiger partial charge in [0.1, 0.15) is 12.4 Å². The number of amides is 1. The number of carbonyl (C=O) groups excluding carboxylic acids is 1. The van der Waals surface area contributed by atoms with Gasteiger partial charge in [0.25, 0.3) is 5.91 Å². The smallest absolute Gasteiger partial charge is 0.271 e. The first-order chi connectivity index (χ1) is 9.19. The van der Waals surface area contributed by atoms with Gasteiger partial charge in [0.05, 0.1) is 17.3 Å². The lowest BCUT2D eigenvalue weighted by Gasteiger charge is -2.02. The Balaban J connectivity index is 1.93. The van der Waals surface area contributed by atoms with Gasteiger partial charge in [-0.15, -0.1) is 0 Å². The Morgan fingerprint density at radius 3 is 3.05 bits per heavy atom. The van der Waals surface area contributed by atoms with E-state index in [9.17, 15) is 4.79 Å². The van der Waals surface area contributed by atoms with E-state index < -0.39 is 0 Å². The average Bonchev–Trinajstić information content (AvgIpc) is 3.00. The van der Waals surface area contributed by atoms with Crippen molar-refractivity contribution in [2.45, 2.75) is 6.67 Å². The first-order valence-corrected chi connectivity index (χ1v) is 6.47. The van der Waals surface area contributed by atoms with E-state index >= 15 is 0 Å².